The fraction of sp³-hybridized carbons (Fsp3) is 0.562. The average Bonchev–Trinajstić information content (AvgIpc) is 2.47. The smallest absolute Gasteiger partial charge is 0.330 e. The van der Waals surface area contributed by atoms with E-state index in [1.54, 1.807) is 27.7 Å². The Morgan fingerprint density at radius 2 is 1.23 bits per heavy atom. The lowest BCUT2D eigenvalue weighted by atomic mass is 9.93. The van der Waals surface area contributed by atoms with Crippen LogP contribution < -0.4 is 0 Å². The second-order valence-electron chi connectivity index (χ2n) is 6.25. The number of hydrogen-bond acceptors (Lipinski definition) is 6. The molecule has 6 nitrogen and oxygen atoms in total. The van der Waals surface area contributed by atoms with E-state index in [2.05, 4.69) is 13.2 Å². The summed E-state index contributed by atoms with van der Waals surface area (Å²) < 4.78 is 15.0. The number of hydrogen-bond donors (Lipinski definition) is 0. The highest BCUT2D eigenvalue weighted by Crippen LogP contribution is 2.22. The molecule has 0 radical (unpaired) electrons. The molecule has 0 aromatic carbocycles. The summed E-state index contributed by atoms with van der Waals surface area (Å²) in [6.07, 6.45) is 2.09. The SMILES string of the molecule is C=CC(=O)OCC(C)(C)COC(=O)C(C)(C)COC(=O)C=C. The summed E-state index contributed by atoms with van der Waals surface area (Å²) in [5.74, 6) is -1.64. The van der Waals surface area contributed by atoms with Gasteiger partial charge in [-0.15, -0.1) is 0 Å². The molecule has 0 aliphatic heterocycles. The third-order valence-corrected chi connectivity index (χ3v) is 2.66. The van der Waals surface area contributed by atoms with Gasteiger partial charge in [-0.1, -0.05) is 27.0 Å². The molecule has 124 valence electrons. The van der Waals surface area contributed by atoms with Crippen molar-refractivity contribution in [1.82, 2.24) is 0 Å². The van der Waals surface area contributed by atoms with Crippen LogP contribution in [0.4, 0.5) is 0 Å². The molecule has 0 fully saturated rings. The van der Waals surface area contributed by atoms with Gasteiger partial charge in [0, 0.05) is 17.6 Å². The Bertz CT molecular complexity index is 448. The molecule has 0 spiro atoms. The lowest BCUT2D eigenvalue weighted by Gasteiger charge is -2.27. The molecule has 6 heteroatoms. The van der Waals surface area contributed by atoms with Crippen molar-refractivity contribution in [1.29, 1.82) is 0 Å². The lowest BCUT2D eigenvalue weighted by molar-refractivity contribution is -0.164. The number of ether oxygens (including phenoxy) is 3. The van der Waals surface area contributed by atoms with Gasteiger partial charge in [0.1, 0.15) is 6.61 Å². The van der Waals surface area contributed by atoms with Crippen LogP contribution in [0.5, 0.6) is 0 Å². The minimum atomic E-state index is -0.980. The predicted molar refractivity (Wildman–Crippen MR) is 80.8 cm³/mol. The van der Waals surface area contributed by atoms with Crippen LogP contribution in [0.15, 0.2) is 25.3 Å². The topological polar surface area (TPSA) is 78.9 Å². The largest absolute Gasteiger partial charge is 0.464 e. The van der Waals surface area contributed by atoms with Crippen molar-refractivity contribution in [3.05, 3.63) is 25.3 Å². The fourth-order valence-corrected chi connectivity index (χ4v) is 1.19. The first-order chi connectivity index (χ1) is 10.0. The maximum Gasteiger partial charge on any atom is 0.330 e. The van der Waals surface area contributed by atoms with Crippen molar-refractivity contribution >= 4 is 17.9 Å². The van der Waals surface area contributed by atoms with Crippen molar-refractivity contribution in [2.75, 3.05) is 19.8 Å². The van der Waals surface area contributed by atoms with Crippen LogP contribution in [0.25, 0.3) is 0 Å². The van der Waals surface area contributed by atoms with Crippen LogP contribution in [0.2, 0.25) is 0 Å². The molecule has 0 saturated heterocycles. The quantitative estimate of drug-likeness (QED) is 0.368. The molecule has 0 rings (SSSR count). The van der Waals surface area contributed by atoms with Crippen LogP contribution >= 0.6 is 0 Å². The van der Waals surface area contributed by atoms with E-state index in [9.17, 15) is 14.4 Å². The highest BCUT2D eigenvalue weighted by molar-refractivity contribution is 5.82. The van der Waals surface area contributed by atoms with E-state index in [0.29, 0.717) is 0 Å². The Hall–Kier alpha value is -2.11. The third kappa shape index (κ3) is 7.61. The number of rotatable bonds is 9. The zero-order valence-corrected chi connectivity index (χ0v) is 13.6. The third-order valence-electron chi connectivity index (χ3n) is 2.66. The number of carbonyl (C=O) groups is 3. The van der Waals surface area contributed by atoms with Crippen LogP contribution in [0, 0.1) is 10.8 Å². The second kappa shape index (κ2) is 8.36. The van der Waals surface area contributed by atoms with Gasteiger partial charge in [-0.25, -0.2) is 9.59 Å². The summed E-state index contributed by atoms with van der Waals surface area (Å²) >= 11 is 0. The fourth-order valence-electron chi connectivity index (χ4n) is 1.19. The zero-order valence-electron chi connectivity index (χ0n) is 13.6. The highest BCUT2D eigenvalue weighted by atomic mass is 16.6. The van der Waals surface area contributed by atoms with E-state index >= 15 is 0 Å². The van der Waals surface area contributed by atoms with Crippen molar-refractivity contribution in [2.45, 2.75) is 27.7 Å². The number of carbonyl (C=O) groups excluding carboxylic acids is 3. The Balaban J connectivity index is 4.39. The molecule has 0 unspecified atom stereocenters. The summed E-state index contributed by atoms with van der Waals surface area (Å²) in [6.45, 7) is 13.4. The summed E-state index contributed by atoms with van der Waals surface area (Å²) in [7, 11) is 0. The molecular weight excluding hydrogens is 288 g/mol. The summed E-state index contributed by atoms with van der Waals surface area (Å²) in [6, 6.07) is 0. The Morgan fingerprint density at radius 1 is 0.818 bits per heavy atom. The first kappa shape index (κ1) is 19.9. The van der Waals surface area contributed by atoms with E-state index in [1.165, 1.54) is 0 Å². The van der Waals surface area contributed by atoms with Gasteiger partial charge in [-0.3, -0.25) is 4.79 Å². The summed E-state index contributed by atoms with van der Waals surface area (Å²) in [5, 5.41) is 0. The average molecular weight is 312 g/mol. The van der Waals surface area contributed by atoms with Gasteiger partial charge in [0.2, 0.25) is 0 Å². The lowest BCUT2D eigenvalue weighted by Crippen LogP contribution is -2.36. The van der Waals surface area contributed by atoms with Crippen LogP contribution in [0.3, 0.4) is 0 Å². The maximum absolute atomic E-state index is 12.0. The van der Waals surface area contributed by atoms with Crippen LogP contribution in [-0.4, -0.2) is 37.7 Å². The number of esters is 3. The van der Waals surface area contributed by atoms with Gasteiger partial charge in [0.05, 0.1) is 18.6 Å². The molecule has 0 bridgehead atoms. The molecule has 0 aliphatic rings. The molecule has 0 heterocycles. The Kier molecular flexibility index (Phi) is 7.56. The molecule has 0 saturated carbocycles. The van der Waals surface area contributed by atoms with Crippen molar-refractivity contribution < 1.29 is 28.6 Å². The molecule has 0 aromatic rings. The summed E-state index contributed by atoms with van der Waals surface area (Å²) in [4.78, 5) is 34.1. The maximum atomic E-state index is 12.0. The van der Waals surface area contributed by atoms with Crippen molar-refractivity contribution in [3.63, 3.8) is 0 Å². The standard InChI is InChI=1S/C16H24O6/c1-7-12(17)20-9-15(3,4)10-22-14(19)16(5,6)11-21-13(18)8-2/h7-8H,1-2,9-11H2,3-6H3. The van der Waals surface area contributed by atoms with E-state index < -0.39 is 28.7 Å². The van der Waals surface area contributed by atoms with Crippen molar-refractivity contribution in [2.24, 2.45) is 10.8 Å². The molecular formula is C16H24O6. The van der Waals surface area contributed by atoms with Crippen LogP contribution in [-0.2, 0) is 28.6 Å². The molecule has 0 atom stereocenters. The zero-order chi connectivity index (χ0) is 17.4. The normalized spacial score (nSPS) is 11.3. The van der Waals surface area contributed by atoms with E-state index in [-0.39, 0.29) is 19.8 Å². The van der Waals surface area contributed by atoms with Crippen LogP contribution in [0.1, 0.15) is 27.7 Å². The van der Waals surface area contributed by atoms with Gasteiger partial charge in [-0.05, 0) is 13.8 Å². The molecule has 0 amide bonds. The molecule has 0 aliphatic carbocycles. The Labute approximate surface area is 131 Å². The second-order valence-corrected chi connectivity index (χ2v) is 6.25. The predicted octanol–water partition coefficient (Wildman–Crippen LogP) is 2.04. The Morgan fingerprint density at radius 3 is 1.68 bits per heavy atom. The van der Waals surface area contributed by atoms with Gasteiger partial charge in [0.25, 0.3) is 0 Å². The molecule has 0 N–H and O–H groups in total. The van der Waals surface area contributed by atoms with Gasteiger partial charge in [0.15, 0.2) is 0 Å². The monoisotopic (exact) mass is 312 g/mol. The molecule has 22 heavy (non-hydrogen) atoms. The molecule has 0 aromatic heterocycles. The van der Waals surface area contributed by atoms with E-state index in [4.69, 9.17) is 14.2 Å². The van der Waals surface area contributed by atoms with Gasteiger partial charge in [-0.2, -0.15) is 0 Å². The van der Waals surface area contributed by atoms with Crippen molar-refractivity contribution in [3.8, 4) is 0 Å². The summed E-state index contributed by atoms with van der Waals surface area (Å²) in [5.41, 5.74) is -1.52. The van der Waals surface area contributed by atoms with E-state index in [1.807, 2.05) is 0 Å². The first-order valence-electron chi connectivity index (χ1n) is 6.80. The first-order valence-corrected chi connectivity index (χ1v) is 6.80. The minimum Gasteiger partial charge on any atom is -0.464 e. The van der Waals surface area contributed by atoms with Gasteiger partial charge >= 0.3 is 17.9 Å². The highest BCUT2D eigenvalue weighted by Gasteiger charge is 2.33. The van der Waals surface area contributed by atoms with E-state index in [0.717, 1.165) is 12.2 Å². The minimum absolute atomic E-state index is 0.0646. The van der Waals surface area contributed by atoms with Gasteiger partial charge < -0.3 is 14.2 Å².